The minimum Gasteiger partial charge on any atom is -0.488 e. The van der Waals surface area contributed by atoms with E-state index in [1.54, 1.807) is 34.4 Å². The van der Waals surface area contributed by atoms with Crippen molar-refractivity contribution in [3.8, 4) is 5.75 Å². The molecule has 0 spiro atoms. The normalized spacial score (nSPS) is 18.6. The van der Waals surface area contributed by atoms with Gasteiger partial charge in [-0.15, -0.1) is 11.3 Å². The summed E-state index contributed by atoms with van der Waals surface area (Å²) in [6, 6.07) is 8.00. The van der Waals surface area contributed by atoms with E-state index in [1.807, 2.05) is 30.2 Å². The fourth-order valence-corrected chi connectivity index (χ4v) is 5.69. The second-order valence-corrected chi connectivity index (χ2v) is 9.94. The van der Waals surface area contributed by atoms with Gasteiger partial charge in [-0.05, 0) is 62.3 Å². The van der Waals surface area contributed by atoms with Crippen LogP contribution in [0.4, 0.5) is 4.39 Å². The molecule has 1 aromatic carbocycles. The third-order valence-corrected chi connectivity index (χ3v) is 7.56. The van der Waals surface area contributed by atoms with Gasteiger partial charge in [0.05, 0.1) is 6.04 Å². The molecule has 172 valence electrons. The van der Waals surface area contributed by atoms with Crippen molar-refractivity contribution in [3.05, 3.63) is 52.0 Å². The summed E-state index contributed by atoms with van der Waals surface area (Å²) in [5.41, 5.74) is 1.06. The van der Waals surface area contributed by atoms with Crippen molar-refractivity contribution >= 4 is 23.2 Å². The van der Waals surface area contributed by atoms with Crippen LogP contribution >= 0.6 is 11.3 Å². The van der Waals surface area contributed by atoms with E-state index in [0.717, 1.165) is 37.7 Å². The lowest BCUT2D eigenvalue weighted by molar-refractivity contribution is -0.146. The highest BCUT2D eigenvalue weighted by Gasteiger charge is 2.35. The number of hydrogen-bond acceptors (Lipinski definition) is 4. The quantitative estimate of drug-likeness (QED) is 0.598. The number of fused-ring (bicyclic) bond motifs is 1. The molecule has 5 nitrogen and oxygen atoms in total. The van der Waals surface area contributed by atoms with Crippen LogP contribution in [0.5, 0.6) is 5.75 Å². The van der Waals surface area contributed by atoms with Gasteiger partial charge in [0, 0.05) is 23.4 Å². The lowest BCUT2D eigenvalue weighted by Crippen LogP contribution is -2.50. The van der Waals surface area contributed by atoms with E-state index in [2.05, 4.69) is 0 Å². The second-order valence-electron chi connectivity index (χ2n) is 8.93. The van der Waals surface area contributed by atoms with Crippen LogP contribution in [0.15, 0.2) is 35.7 Å². The first-order valence-corrected chi connectivity index (χ1v) is 12.4. The van der Waals surface area contributed by atoms with E-state index in [-0.39, 0.29) is 48.7 Å². The molecule has 1 aromatic heterocycles. The first-order chi connectivity index (χ1) is 15.5. The van der Waals surface area contributed by atoms with Gasteiger partial charge >= 0.3 is 0 Å². The van der Waals surface area contributed by atoms with E-state index >= 15 is 0 Å². The van der Waals surface area contributed by atoms with Gasteiger partial charge in [-0.2, -0.15) is 0 Å². The number of thiophene rings is 1. The first kappa shape index (κ1) is 22.8. The Bertz CT molecular complexity index is 954. The van der Waals surface area contributed by atoms with Crippen LogP contribution in [0, 0.1) is 11.7 Å². The highest BCUT2D eigenvalue weighted by molar-refractivity contribution is 7.10. The van der Waals surface area contributed by atoms with Crippen LogP contribution in [0.25, 0.3) is 0 Å². The fourth-order valence-electron chi connectivity index (χ4n) is 4.76. The molecule has 0 saturated heterocycles. The number of ether oxygens (including phenoxy) is 1. The van der Waals surface area contributed by atoms with Gasteiger partial charge in [-0.1, -0.05) is 25.0 Å². The van der Waals surface area contributed by atoms with E-state index in [4.69, 9.17) is 4.74 Å². The molecule has 2 heterocycles. The topological polar surface area (TPSA) is 49.9 Å². The monoisotopic (exact) mass is 458 g/mol. The largest absolute Gasteiger partial charge is 0.488 e. The fraction of sp³-hybridized carbons (Fsp3) is 0.520. The third-order valence-electron chi connectivity index (χ3n) is 6.57. The molecule has 1 aliphatic heterocycles. The first-order valence-electron chi connectivity index (χ1n) is 11.5. The number of benzene rings is 1. The van der Waals surface area contributed by atoms with Gasteiger partial charge in [0.2, 0.25) is 11.8 Å². The van der Waals surface area contributed by atoms with Crippen molar-refractivity contribution in [3.63, 3.8) is 0 Å². The number of para-hydroxylation sites is 1. The Labute approximate surface area is 193 Å². The minimum atomic E-state index is -0.417. The van der Waals surface area contributed by atoms with Crippen LogP contribution < -0.4 is 4.74 Å². The van der Waals surface area contributed by atoms with Gasteiger partial charge in [-0.3, -0.25) is 9.59 Å². The van der Waals surface area contributed by atoms with E-state index in [0.29, 0.717) is 6.54 Å². The minimum absolute atomic E-state index is 0.0372. The number of carbonyl (C=O) groups is 2. The predicted molar refractivity (Wildman–Crippen MR) is 123 cm³/mol. The molecule has 1 fully saturated rings. The van der Waals surface area contributed by atoms with Crippen LogP contribution in [-0.2, 0) is 16.0 Å². The van der Waals surface area contributed by atoms with Crippen LogP contribution in [0.1, 0.15) is 56.0 Å². The number of carbonyl (C=O) groups excluding carboxylic acids is 2. The van der Waals surface area contributed by atoms with Crippen molar-refractivity contribution in [1.29, 1.82) is 0 Å². The molecule has 2 amide bonds. The summed E-state index contributed by atoms with van der Waals surface area (Å²) in [5.74, 6) is -0.181. The predicted octanol–water partition coefficient (Wildman–Crippen LogP) is 4.82. The zero-order valence-electron chi connectivity index (χ0n) is 18.8. The van der Waals surface area contributed by atoms with Crippen LogP contribution in [0.3, 0.4) is 0 Å². The summed E-state index contributed by atoms with van der Waals surface area (Å²) in [4.78, 5) is 31.3. The molecule has 2 aromatic rings. The summed E-state index contributed by atoms with van der Waals surface area (Å²) in [7, 11) is 0. The molecule has 1 atom stereocenters. The number of halogens is 1. The lowest BCUT2D eigenvalue weighted by atomic mass is 10.00. The summed E-state index contributed by atoms with van der Waals surface area (Å²) < 4.78 is 19.9. The van der Waals surface area contributed by atoms with Gasteiger partial charge in [0.15, 0.2) is 11.6 Å². The smallest absolute Gasteiger partial charge is 0.242 e. The number of amides is 2. The van der Waals surface area contributed by atoms with E-state index in [9.17, 15) is 14.0 Å². The van der Waals surface area contributed by atoms with Crippen LogP contribution in [0.2, 0.25) is 0 Å². The molecular weight excluding hydrogens is 427 g/mol. The molecule has 0 bridgehead atoms. The maximum Gasteiger partial charge on any atom is 0.242 e. The zero-order chi connectivity index (χ0) is 22.7. The maximum absolute atomic E-state index is 14.1. The highest BCUT2D eigenvalue weighted by Crippen LogP contribution is 2.34. The summed E-state index contributed by atoms with van der Waals surface area (Å²) in [6.45, 7) is 4.75. The molecule has 2 aliphatic rings. The van der Waals surface area contributed by atoms with Gasteiger partial charge in [-0.25, -0.2) is 4.39 Å². The third kappa shape index (κ3) is 4.82. The Morgan fingerprint density at radius 1 is 1.22 bits per heavy atom. The Balaban J connectivity index is 1.51. The molecular formula is C25H31FN2O3S. The Morgan fingerprint density at radius 2 is 1.97 bits per heavy atom. The average molecular weight is 459 g/mol. The van der Waals surface area contributed by atoms with Gasteiger partial charge < -0.3 is 14.5 Å². The SMILES string of the molecule is CC(C)N(CC(=O)N1CCc2sccc2C1COc1ccccc1F)C(=O)C1CCCC1. The van der Waals surface area contributed by atoms with Gasteiger partial charge in [0.25, 0.3) is 0 Å². The highest BCUT2D eigenvalue weighted by atomic mass is 32.1. The number of rotatable bonds is 7. The summed E-state index contributed by atoms with van der Waals surface area (Å²) >= 11 is 1.68. The Morgan fingerprint density at radius 3 is 2.69 bits per heavy atom. The maximum atomic E-state index is 14.1. The number of hydrogen-bond donors (Lipinski definition) is 0. The van der Waals surface area contributed by atoms with Crippen molar-refractivity contribution in [2.75, 3.05) is 19.7 Å². The molecule has 4 rings (SSSR count). The molecule has 0 N–H and O–H groups in total. The average Bonchev–Trinajstić information content (AvgIpc) is 3.48. The molecule has 32 heavy (non-hydrogen) atoms. The van der Waals surface area contributed by atoms with E-state index in [1.165, 1.54) is 10.9 Å². The number of nitrogens with zero attached hydrogens (tertiary/aromatic N) is 2. The van der Waals surface area contributed by atoms with Crippen molar-refractivity contribution in [1.82, 2.24) is 9.80 Å². The van der Waals surface area contributed by atoms with Crippen molar-refractivity contribution in [2.45, 2.75) is 58.0 Å². The second kappa shape index (κ2) is 10.0. The van der Waals surface area contributed by atoms with Crippen molar-refractivity contribution < 1.29 is 18.7 Å². The Kier molecular flexibility index (Phi) is 7.13. The summed E-state index contributed by atoms with van der Waals surface area (Å²) in [6.07, 6.45) is 4.78. The van der Waals surface area contributed by atoms with Crippen LogP contribution in [-0.4, -0.2) is 47.4 Å². The lowest BCUT2D eigenvalue weighted by Gasteiger charge is -2.38. The standard InChI is InChI=1S/C25H31FN2O3S/c1-17(2)28(25(30)18-7-3-4-8-18)15-24(29)27-13-11-23-19(12-14-32-23)21(27)16-31-22-10-6-5-9-20(22)26/h5-6,9-10,12,14,17-18,21H,3-4,7-8,11,13,15-16H2,1-2H3. The Hall–Kier alpha value is -2.41. The molecule has 7 heteroatoms. The molecule has 1 saturated carbocycles. The van der Waals surface area contributed by atoms with Crippen molar-refractivity contribution in [2.24, 2.45) is 5.92 Å². The van der Waals surface area contributed by atoms with E-state index < -0.39 is 5.82 Å². The zero-order valence-corrected chi connectivity index (χ0v) is 19.6. The molecule has 1 aliphatic carbocycles. The molecule has 0 radical (unpaired) electrons. The molecule has 1 unspecified atom stereocenters. The summed E-state index contributed by atoms with van der Waals surface area (Å²) in [5, 5.41) is 2.03. The van der Waals surface area contributed by atoms with Gasteiger partial charge in [0.1, 0.15) is 13.2 Å².